The number of halogens is 1. The van der Waals surface area contributed by atoms with Gasteiger partial charge in [-0.3, -0.25) is 0 Å². The van der Waals surface area contributed by atoms with Crippen molar-refractivity contribution in [1.29, 1.82) is 0 Å². The normalized spacial score (nSPS) is 11.4. The molecule has 0 saturated carbocycles. The first-order valence-electron chi connectivity index (χ1n) is 7.10. The Labute approximate surface area is 136 Å². The van der Waals surface area contributed by atoms with Crippen molar-refractivity contribution in [3.05, 3.63) is 89.4 Å². The zero-order valence-corrected chi connectivity index (χ0v) is 13.9. The zero-order valence-electron chi connectivity index (χ0n) is 12.2. The minimum atomic E-state index is -2.88. The first-order valence-corrected chi connectivity index (χ1v) is 9.19. The molecule has 1 nitrogen and oxygen atoms in total. The fourth-order valence-corrected chi connectivity index (χ4v) is 5.40. The molecule has 0 atom stereocenters. The average Bonchev–Trinajstić information content (AvgIpc) is 2.58. The predicted molar refractivity (Wildman–Crippen MR) is 95.6 cm³/mol. The van der Waals surface area contributed by atoms with Gasteiger partial charge in [0.15, 0.2) is 7.14 Å². The van der Waals surface area contributed by atoms with E-state index in [4.69, 9.17) is 11.6 Å². The number of hydrogen-bond donors (Lipinski definition) is 0. The van der Waals surface area contributed by atoms with Crippen molar-refractivity contribution >= 4 is 34.7 Å². The fraction of sp³-hybridized carbons (Fsp3) is 0.0526. The van der Waals surface area contributed by atoms with Crippen molar-refractivity contribution in [2.24, 2.45) is 0 Å². The van der Waals surface area contributed by atoms with Gasteiger partial charge < -0.3 is 4.57 Å². The lowest BCUT2D eigenvalue weighted by molar-refractivity contribution is 0.592. The van der Waals surface area contributed by atoms with Crippen LogP contribution in [0.4, 0.5) is 0 Å². The van der Waals surface area contributed by atoms with Crippen molar-refractivity contribution in [2.45, 2.75) is 6.92 Å². The first-order chi connectivity index (χ1) is 10.6. The van der Waals surface area contributed by atoms with E-state index in [2.05, 4.69) is 0 Å². The SMILES string of the molecule is Cc1cc(P(=O)(c2ccccc2)c2ccccc2)ccc1Cl. The molecule has 0 saturated heterocycles. The maximum Gasteiger partial charge on any atom is 0.171 e. The molecule has 110 valence electrons. The van der Waals surface area contributed by atoms with Gasteiger partial charge in [-0.2, -0.15) is 0 Å². The van der Waals surface area contributed by atoms with E-state index in [-0.39, 0.29) is 0 Å². The molecule has 0 aliphatic heterocycles. The number of benzene rings is 3. The Kier molecular flexibility index (Phi) is 4.20. The van der Waals surface area contributed by atoms with Crippen molar-refractivity contribution < 1.29 is 4.57 Å². The van der Waals surface area contributed by atoms with Crippen LogP contribution in [0.3, 0.4) is 0 Å². The van der Waals surface area contributed by atoms with Crippen molar-refractivity contribution in [1.82, 2.24) is 0 Å². The predicted octanol–water partition coefficient (Wildman–Crippen LogP) is 4.29. The molecule has 0 fully saturated rings. The van der Waals surface area contributed by atoms with Crippen LogP contribution in [0.5, 0.6) is 0 Å². The number of aryl methyl sites for hydroxylation is 1. The lowest BCUT2D eigenvalue weighted by atomic mass is 10.2. The summed E-state index contributed by atoms with van der Waals surface area (Å²) in [5.74, 6) is 0. The number of rotatable bonds is 3. The summed E-state index contributed by atoms with van der Waals surface area (Å²) in [5.41, 5.74) is 0.936. The van der Waals surface area contributed by atoms with Crippen LogP contribution in [0.15, 0.2) is 78.9 Å². The van der Waals surface area contributed by atoms with E-state index in [0.717, 1.165) is 21.5 Å². The quantitative estimate of drug-likeness (QED) is 0.656. The lowest BCUT2D eigenvalue weighted by Gasteiger charge is -2.20. The summed E-state index contributed by atoms with van der Waals surface area (Å²) in [6, 6.07) is 24.9. The summed E-state index contributed by atoms with van der Waals surface area (Å²) in [6.45, 7) is 1.94. The molecule has 0 aromatic heterocycles. The highest BCUT2D eigenvalue weighted by Crippen LogP contribution is 2.42. The molecule has 0 heterocycles. The van der Waals surface area contributed by atoms with Crippen molar-refractivity contribution in [2.75, 3.05) is 0 Å². The monoisotopic (exact) mass is 326 g/mol. The highest BCUT2D eigenvalue weighted by molar-refractivity contribution is 7.85. The number of hydrogen-bond acceptors (Lipinski definition) is 1. The molecule has 0 aliphatic carbocycles. The summed E-state index contributed by atoms with van der Waals surface area (Å²) in [6.07, 6.45) is 0. The van der Waals surface area contributed by atoms with E-state index in [1.807, 2.05) is 85.8 Å². The highest BCUT2D eigenvalue weighted by atomic mass is 35.5. The Bertz CT molecular complexity index is 785. The van der Waals surface area contributed by atoms with E-state index in [0.29, 0.717) is 5.02 Å². The Balaban J connectivity index is 2.28. The summed E-state index contributed by atoms with van der Waals surface area (Å²) in [7, 11) is -2.88. The third-order valence-corrected chi connectivity index (χ3v) is 7.22. The lowest BCUT2D eigenvalue weighted by Crippen LogP contribution is -2.25. The van der Waals surface area contributed by atoms with Crippen LogP contribution in [0.2, 0.25) is 5.02 Å². The van der Waals surface area contributed by atoms with Crippen LogP contribution >= 0.6 is 18.7 Å². The Hall–Kier alpha value is -1.82. The van der Waals surface area contributed by atoms with Crippen LogP contribution in [0.1, 0.15) is 5.56 Å². The molecule has 0 N–H and O–H groups in total. The van der Waals surface area contributed by atoms with E-state index >= 15 is 0 Å². The summed E-state index contributed by atoms with van der Waals surface area (Å²) < 4.78 is 14.0. The van der Waals surface area contributed by atoms with Crippen molar-refractivity contribution in [3.63, 3.8) is 0 Å². The van der Waals surface area contributed by atoms with Gasteiger partial charge in [0.2, 0.25) is 0 Å². The highest BCUT2D eigenvalue weighted by Gasteiger charge is 2.29. The Morgan fingerprint density at radius 2 is 1.23 bits per heavy atom. The molecule has 3 rings (SSSR count). The van der Waals surface area contributed by atoms with Gasteiger partial charge in [0.25, 0.3) is 0 Å². The molecule has 0 spiro atoms. The molecule has 3 heteroatoms. The largest absolute Gasteiger partial charge is 0.309 e. The van der Waals surface area contributed by atoms with Crippen molar-refractivity contribution in [3.8, 4) is 0 Å². The second kappa shape index (κ2) is 6.12. The minimum Gasteiger partial charge on any atom is -0.309 e. The van der Waals surface area contributed by atoms with Gasteiger partial charge in [-0.05, 0) is 30.7 Å². The Morgan fingerprint density at radius 1 is 0.727 bits per heavy atom. The second-order valence-electron chi connectivity index (χ2n) is 5.21. The van der Waals surface area contributed by atoms with Crippen LogP contribution in [0.25, 0.3) is 0 Å². The maximum absolute atomic E-state index is 14.0. The Morgan fingerprint density at radius 3 is 1.68 bits per heavy atom. The smallest absolute Gasteiger partial charge is 0.171 e. The molecule has 0 bridgehead atoms. The fourth-order valence-electron chi connectivity index (χ4n) is 2.55. The van der Waals surface area contributed by atoms with E-state index in [9.17, 15) is 4.57 Å². The molecule has 0 aliphatic rings. The third-order valence-electron chi connectivity index (χ3n) is 3.74. The van der Waals surface area contributed by atoms with Crippen LogP contribution in [-0.4, -0.2) is 0 Å². The van der Waals surface area contributed by atoms with Crippen LogP contribution < -0.4 is 15.9 Å². The van der Waals surface area contributed by atoms with E-state index in [1.54, 1.807) is 0 Å². The van der Waals surface area contributed by atoms with E-state index < -0.39 is 7.14 Å². The standard InChI is InChI=1S/C19H16ClOP/c1-15-14-18(12-13-19(15)20)22(21,16-8-4-2-5-9-16)17-10-6-3-7-11-17/h2-14H,1H3. The van der Waals surface area contributed by atoms with Gasteiger partial charge in [0, 0.05) is 20.9 Å². The molecule has 3 aromatic carbocycles. The minimum absolute atomic E-state index is 0.691. The molecular formula is C19H16ClOP. The average molecular weight is 327 g/mol. The second-order valence-corrected chi connectivity index (χ2v) is 8.39. The van der Waals surface area contributed by atoms with Gasteiger partial charge in [-0.15, -0.1) is 0 Å². The zero-order chi connectivity index (χ0) is 15.6. The molecule has 0 amide bonds. The molecular weight excluding hydrogens is 311 g/mol. The maximum atomic E-state index is 14.0. The topological polar surface area (TPSA) is 17.1 Å². The van der Waals surface area contributed by atoms with Crippen LogP contribution in [-0.2, 0) is 4.57 Å². The summed E-state index contributed by atoms with van der Waals surface area (Å²) >= 11 is 6.13. The van der Waals surface area contributed by atoms with E-state index in [1.165, 1.54) is 0 Å². The van der Waals surface area contributed by atoms with Gasteiger partial charge in [-0.1, -0.05) is 72.3 Å². The summed E-state index contributed by atoms with van der Waals surface area (Å²) in [4.78, 5) is 0. The van der Waals surface area contributed by atoms with Crippen LogP contribution in [0, 0.1) is 6.92 Å². The van der Waals surface area contributed by atoms with Gasteiger partial charge in [0.1, 0.15) is 0 Å². The third kappa shape index (κ3) is 2.63. The molecule has 0 radical (unpaired) electrons. The summed E-state index contributed by atoms with van der Waals surface area (Å²) in [5, 5.41) is 3.18. The molecule has 22 heavy (non-hydrogen) atoms. The van der Waals surface area contributed by atoms with Gasteiger partial charge >= 0.3 is 0 Å². The first kappa shape index (κ1) is 15.1. The van der Waals surface area contributed by atoms with Gasteiger partial charge in [0.05, 0.1) is 0 Å². The molecule has 3 aromatic rings. The van der Waals surface area contributed by atoms with Gasteiger partial charge in [-0.25, -0.2) is 0 Å². The molecule has 0 unspecified atom stereocenters.